The Hall–Kier alpha value is -4.34. The van der Waals surface area contributed by atoms with Gasteiger partial charge in [-0.2, -0.15) is 0 Å². The Balaban J connectivity index is 1.76. The van der Waals surface area contributed by atoms with E-state index in [0.717, 1.165) is 18.2 Å². The number of pyridine rings is 1. The third-order valence-corrected chi connectivity index (χ3v) is 5.50. The number of hydrogen-bond acceptors (Lipinski definition) is 8. The standard InChI is InChI=1S/C28H27F2NO7/c1-16(14-22(33)25-27(37-18(3)32)23(35-4)12-13-31-25)28(34)36-17(2)26(19-8-6-5-7-9-19)38-24-15-20(29)10-11-21(24)30/h5-13,15-17,26H,14H2,1-4H3/t16-,17+,26+/m1/s1. The maximum absolute atomic E-state index is 14.3. The Morgan fingerprint density at radius 2 is 1.68 bits per heavy atom. The van der Waals surface area contributed by atoms with Gasteiger partial charge >= 0.3 is 11.9 Å². The maximum Gasteiger partial charge on any atom is 0.309 e. The molecule has 0 saturated carbocycles. The molecule has 0 bridgehead atoms. The van der Waals surface area contributed by atoms with Crippen LogP contribution in [-0.2, 0) is 14.3 Å². The molecule has 8 nitrogen and oxygen atoms in total. The molecule has 0 radical (unpaired) electrons. The van der Waals surface area contributed by atoms with Gasteiger partial charge in [-0.05, 0) is 24.6 Å². The van der Waals surface area contributed by atoms with Gasteiger partial charge in [0, 0.05) is 31.7 Å². The number of carbonyl (C=O) groups excluding carboxylic acids is 3. The molecule has 0 amide bonds. The summed E-state index contributed by atoms with van der Waals surface area (Å²) in [5.74, 6) is -4.72. The lowest BCUT2D eigenvalue weighted by molar-refractivity contribution is -0.157. The topological polar surface area (TPSA) is 101 Å². The van der Waals surface area contributed by atoms with Crippen molar-refractivity contribution in [3.8, 4) is 17.2 Å². The van der Waals surface area contributed by atoms with Crippen LogP contribution in [0.4, 0.5) is 8.78 Å². The number of methoxy groups -OCH3 is 1. The van der Waals surface area contributed by atoms with Gasteiger partial charge in [0.15, 0.2) is 34.9 Å². The van der Waals surface area contributed by atoms with Crippen molar-refractivity contribution in [1.82, 2.24) is 4.98 Å². The van der Waals surface area contributed by atoms with Crippen LogP contribution in [0.2, 0.25) is 0 Å². The van der Waals surface area contributed by atoms with Gasteiger partial charge in [0.1, 0.15) is 11.9 Å². The highest BCUT2D eigenvalue weighted by atomic mass is 19.1. The van der Waals surface area contributed by atoms with Crippen molar-refractivity contribution >= 4 is 17.7 Å². The third kappa shape index (κ3) is 7.12. The molecular formula is C28H27F2NO7. The van der Waals surface area contributed by atoms with Crippen LogP contribution in [0, 0.1) is 17.6 Å². The van der Waals surface area contributed by atoms with Crippen LogP contribution in [0.15, 0.2) is 60.8 Å². The van der Waals surface area contributed by atoms with E-state index >= 15 is 0 Å². The molecule has 1 heterocycles. The molecule has 0 aliphatic heterocycles. The molecule has 0 N–H and O–H groups in total. The molecule has 0 saturated heterocycles. The van der Waals surface area contributed by atoms with Crippen LogP contribution in [0.3, 0.4) is 0 Å². The van der Waals surface area contributed by atoms with Gasteiger partial charge in [0.2, 0.25) is 5.75 Å². The third-order valence-electron chi connectivity index (χ3n) is 5.50. The number of Topliss-reactive ketones (excluding diaryl/α,β-unsaturated/α-hetero) is 1. The fraction of sp³-hybridized carbons (Fsp3) is 0.286. The second-order valence-corrected chi connectivity index (χ2v) is 8.48. The summed E-state index contributed by atoms with van der Waals surface area (Å²) in [6.07, 6.45) is -0.918. The summed E-state index contributed by atoms with van der Waals surface area (Å²) in [6, 6.07) is 12.9. The van der Waals surface area contributed by atoms with E-state index in [9.17, 15) is 23.2 Å². The van der Waals surface area contributed by atoms with Gasteiger partial charge in [-0.15, -0.1) is 0 Å². The SMILES string of the molecule is COc1ccnc(C(=O)C[C@@H](C)C(=O)O[C@@H](C)[C@H](Oc2cc(F)ccc2F)c2ccccc2)c1OC(C)=O. The van der Waals surface area contributed by atoms with E-state index in [0.29, 0.717) is 5.56 Å². The quantitative estimate of drug-likeness (QED) is 0.246. The van der Waals surface area contributed by atoms with Crippen molar-refractivity contribution in [3.63, 3.8) is 0 Å². The molecule has 3 atom stereocenters. The number of halogens is 2. The first-order chi connectivity index (χ1) is 18.1. The van der Waals surface area contributed by atoms with E-state index in [-0.39, 0.29) is 29.4 Å². The molecular weight excluding hydrogens is 500 g/mol. The van der Waals surface area contributed by atoms with Gasteiger partial charge in [0.05, 0.1) is 13.0 Å². The van der Waals surface area contributed by atoms with Crippen molar-refractivity contribution in [2.45, 2.75) is 39.4 Å². The number of nitrogens with zero attached hydrogens (tertiary/aromatic N) is 1. The molecule has 0 spiro atoms. The fourth-order valence-electron chi connectivity index (χ4n) is 3.63. The minimum Gasteiger partial charge on any atom is -0.493 e. The molecule has 3 rings (SSSR count). The van der Waals surface area contributed by atoms with E-state index in [4.69, 9.17) is 18.9 Å². The van der Waals surface area contributed by atoms with Gasteiger partial charge in [-0.3, -0.25) is 14.4 Å². The highest BCUT2D eigenvalue weighted by Gasteiger charge is 2.30. The largest absolute Gasteiger partial charge is 0.493 e. The summed E-state index contributed by atoms with van der Waals surface area (Å²) in [7, 11) is 1.35. The predicted octanol–water partition coefficient (Wildman–Crippen LogP) is 5.25. The summed E-state index contributed by atoms with van der Waals surface area (Å²) in [5, 5.41) is 0. The van der Waals surface area contributed by atoms with Gasteiger partial charge in [-0.1, -0.05) is 37.3 Å². The second kappa shape index (κ2) is 12.8. The smallest absolute Gasteiger partial charge is 0.309 e. The first-order valence-corrected chi connectivity index (χ1v) is 11.7. The number of carbonyl (C=O) groups is 3. The molecule has 1 aromatic heterocycles. The van der Waals surface area contributed by atoms with Crippen molar-refractivity contribution in [3.05, 3.63) is 83.7 Å². The van der Waals surface area contributed by atoms with Gasteiger partial charge in [-0.25, -0.2) is 13.8 Å². The lowest BCUT2D eigenvalue weighted by Crippen LogP contribution is -2.30. The number of esters is 2. The second-order valence-electron chi connectivity index (χ2n) is 8.48. The Kier molecular flexibility index (Phi) is 9.48. The van der Waals surface area contributed by atoms with Crippen LogP contribution in [-0.4, -0.2) is 35.9 Å². The highest BCUT2D eigenvalue weighted by Crippen LogP contribution is 2.32. The number of aromatic nitrogens is 1. The van der Waals surface area contributed by atoms with Crippen LogP contribution in [0.25, 0.3) is 0 Å². The van der Waals surface area contributed by atoms with Crippen molar-refractivity contribution in [2.24, 2.45) is 5.92 Å². The molecule has 0 aliphatic carbocycles. The van der Waals surface area contributed by atoms with E-state index in [2.05, 4.69) is 4.98 Å². The molecule has 0 unspecified atom stereocenters. The Labute approximate surface area is 218 Å². The normalized spacial score (nSPS) is 13.1. The maximum atomic E-state index is 14.3. The minimum absolute atomic E-state index is 0.134. The number of ether oxygens (including phenoxy) is 4. The minimum atomic E-state index is -0.977. The molecule has 3 aromatic rings. The average molecular weight is 528 g/mol. The Bertz CT molecular complexity index is 1300. The molecule has 0 fully saturated rings. The molecule has 10 heteroatoms. The average Bonchev–Trinajstić information content (AvgIpc) is 2.89. The number of hydrogen-bond donors (Lipinski definition) is 0. The van der Waals surface area contributed by atoms with E-state index in [1.165, 1.54) is 33.2 Å². The number of ketones is 1. The molecule has 0 aliphatic rings. The monoisotopic (exact) mass is 527 g/mol. The molecule has 38 heavy (non-hydrogen) atoms. The van der Waals surface area contributed by atoms with Crippen LogP contribution < -0.4 is 14.2 Å². The zero-order valence-corrected chi connectivity index (χ0v) is 21.3. The van der Waals surface area contributed by atoms with E-state index in [1.807, 2.05) is 0 Å². The van der Waals surface area contributed by atoms with Crippen molar-refractivity contribution in [2.75, 3.05) is 7.11 Å². The summed E-state index contributed by atoms with van der Waals surface area (Å²) in [6.45, 7) is 4.20. The zero-order valence-electron chi connectivity index (χ0n) is 21.3. The first kappa shape index (κ1) is 28.2. The van der Waals surface area contributed by atoms with Crippen LogP contribution in [0.1, 0.15) is 49.3 Å². The van der Waals surface area contributed by atoms with Crippen LogP contribution in [0.5, 0.6) is 17.2 Å². The predicted molar refractivity (Wildman–Crippen MR) is 132 cm³/mol. The summed E-state index contributed by atoms with van der Waals surface area (Å²) in [5.41, 5.74) is 0.395. The highest BCUT2D eigenvalue weighted by molar-refractivity contribution is 5.99. The molecule has 200 valence electrons. The Morgan fingerprint density at radius 1 is 0.974 bits per heavy atom. The van der Waals surface area contributed by atoms with Crippen molar-refractivity contribution < 1.29 is 42.1 Å². The lowest BCUT2D eigenvalue weighted by Gasteiger charge is -2.26. The van der Waals surface area contributed by atoms with Crippen LogP contribution >= 0.6 is 0 Å². The number of benzene rings is 2. The van der Waals surface area contributed by atoms with Crippen molar-refractivity contribution in [1.29, 1.82) is 0 Å². The van der Waals surface area contributed by atoms with Gasteiger partial charge < -0.3 is 18.9 Å². The zero-order chi connectivity index (χ0) is 27.8. The number of rotatable bonds is 11. The van der Waals surface area contributed by atoms with Gasteiger partial charge in [0.25, 0.3) is 0 Å². The van der Waals surface area contributed by atoms with E-state index < -0.39 is 47.5 Å². The van der Waals surface area contributed by atoms with E-state index in [1.54, 1.807) is 37.3 Å². The summed E-state index contributed by atoms with van der Waals surface area (Å²) < 4.78 is 49.6. The molecule has 2 aromatic carbocycles. The summed E-state index contributed by atoms with van der Waals surface area (Å²) >= 11 is 0. The summed E-state index contributed by atoms with van der Waals surface area (Å²) in [4.78, 5) is 41.4. The fourth-order valence-corrected chi connectivity index (χ4v) is 3.63. The lowest BCUT2D eigenvalue weighted by atomic mass is 10.0. The first-order valence-electron chi connectivity index (χ1n) is 11.7. The Morgan fingerprint density at radius 3 is 2.34 bits per heavy atom.